The van der Waals surface area contributed by atoms with Gasteiger partial charge < -0.3 is 11.1 Å². The topological polar surface area (TPSA) is 63.8 Å². The van der Waals surface area contributed by atoms with E-state index < -0.39 is 0 Å². The van der Waals surface area contributed by atoms with Crippen LogP contribution in [0, 0.1) is 0 Å². The lowest BCUT2D eigenvalue weighted by Crippen LogP contribution is -2.04. The van der Waals surface area contributed by atoms with E-state index in [0.717, 1.165) is 36.6 Å². The van der Waals surface area contributed by atoms with Crippen molar-refractivity contribution in [3.63, 3.8) is 0 Å². The number of nitrogen functional groups attached to an aromatic ring is 1. The summed E-state index contributed by atoms with van der Waals surface area (Å²) in [7, 11) is 0. The van der Waals surface area contributed by atoms with Crippen LogP contribution >= 0.6 is 0 Å². The van der Waals surface area contributed by atoms with Crippen LogP contribution in [-0.4, -0.2) is 9.97 Å². The first-order valence-corrected chi connectivity index (χ1v) is 6.71. The summed E-state index contributed by atoms with van der Waals surface area (Å²) in [6.45, 7) is 4.24. The number of nitrogens with one attached hydrogen (secondary N) is 1. The van der Waals surface area contributed by atoms with Crippen molar-refractivity contribution in [1.29, 1.82) is 0 Å². The monoisotopic (exact) mass is 256 g/mol. The van der Waals surface area contributed by atoms with Crippen molar-refractivity contribution in [2.24, 2.45) is 0 Å². The van der Waals surface area contributed by atoms with Gasteiger partial charge in [-0.3, -0.25) is 0 Å². The van der Waals surface area contributed by atoms with Gasteiger partial charge in [0.2, 0.25) is 0 Å². The summed E-state index contributed by atoms with van der Waals surface area (Å²) in [6, 6.07) is 9.99. The van der Waals surface area contributed by atoms with Gasteiger partial charge in [0.25, 0.3) is 0 Å². The zero-order valence-corrected chi connectivity index (χ0v) is 11.5. The molecule has 2 aromatic rings. The number of para-hydroxylation sites is 1. The Morgan fingerprint density at radius 2 is 1.95 bits per heavy atom. The molecule has 0 radical (unpaired) electrons. The third-order valence-electron chi connectivity index (χ3n) is 2.93. The number of anilines is 3. The third-order valence-corrected chi connectivity index (χ3v) is 2.93. The molecule has 4 heteroatoms. The first-order chi connectivity index (χ1) is 9.22. The van der Waals surface area contributed by atoms with E-state index in [1.165, 1.54) is 5.56 Å². The SMILES string of the molecule is CCCc1nc(N)cc(Nc2ccccc2CC)n1. The van der Waals surface area contributed by atoms with Crippen molar-refractivity contribution in [1.82, 2.24) is 9.97 Å². The first kappa shape index (κ1) is 13.3. The molecule has 0 aliphatic rings. The van der Waals surface area contributed by atoms with Gasteiger partial charge in [-0.25, -0.2) is 9.97 Å². The summed E-state index contributed by atoms with van der Waals surface area (Å²) in [5.41, 5.74) is 8.16. The van der Waals surface area contributed by atoms with Gasteiger partial charge in [-0.05, 0) is 24.5 Å². The number of benzene rings is 1. The third kappa shape index (κ3) is 3.44. The Balaban J connectivity index is 2.27. The minimum absolute atomic E-state index is 0.509. The highest BCUT2D eigenvalue weighted by molar-refractivity contribution is 5.62. The van der Waals surface area contributed by atoms with E-state index in [9.17, 15) is 0 Å². The molecule has 0 bridgehead atoms. The number of hydrogen-bond acceptors (Lipinski definition) is 4. The standard InChI is InChI=1S/C15H20N4/c1-3-7-14-18-13(16)10-15(19-14)17-12-9-6-5-8-11(12)4-2/h5-6,8-10H,3-4,7H2,1-2H3,(H3,16,17,18,19). The molecule has 100 valence electrons. The average molecular weight is 256 g/mol. The maximum atomic E-state index is 5.82. The zero-order valence-electron chi connectivity index (χ0n) is 11.5. The Bertz CT molecular complexity index is 552. The van der Waals surface area contributed by atoms with Crippen LogP contribution in [0.5, 0.6) is 0 Å². The molecule has 1 heterocycles. The Morgan fingerprint density at radius 3 is 2.68 bits per heavy atom. The molecule has 0 spiro atoms. The van der Waals surface area contributed by atoms with Crippen molar-refractivity contribution in [2.75, 3.05) is 11.1 Å². The lowest BCUT2D eigenvalue weighted by Gasteiger charge is -2.11. The molecular weight excluding hydrogens is 236 g/mol. The van der Waals surface area contributed by atoms with Crippen molar-refractivity contribution < 1.29 is 0 Å². The lowest BCUT2D eigenvalue weighted by atomic mass is 10.1. The van der Waals surface area contributed by atoms with E-state index in [0.29, 0.717) is 5.82 Å². The Morgan fingerprint density at radius 1 is 1.16 bits per heavy atom. The number of nitrogens with two attached hydrogens (primary N) is 1. The summed E-state index contributed by atoms with van der Waals surface area (Å²) in [5, 5.41) is 3.33. The van der Waals surface area contributed by atoms with E-state index >= 15 is 0 Å². The van der Waals surface area contributed by atoms with Crippen LogP contribution in [0.1, 0.15) is 31.7 Å². The molecule has 0 atom stereocenters. The van der Waals surface area contributed by atoms with Gasteiger partial charge in [0, 0.05) is 18.2 Å². The summed E-state index contributed by atoms with van der Waals surface area (Å²) in [5.74, 6) is 2.06. The number of aryl methyl sites for hydroxylation is 2. The quantitative estimate of drug-likeness (QED) is 0.861. The molecule has 0 unspecified atom stereocenters. The van der Waals surface area contributed by atoms with Crippen LogP contribution in [0.4, 0.5) is 17.3 Å². The second kappa shape index (κ2) is 6.18. The zero-order chi connectivity index (χ0) is 13.7. The highest BCUT2D eigenvalue weighted by Crippen LogP contribution is 2.21. The number of rotatable bonds is 5. The molecular formula is C15H20N4. The summed E-state index contributed by atoms with van der Waals surface area (Å²) < 4.78 is 0. The maximum absolute atomic E-state index is 5.82. The van der Waals surface area contributed by atoms with Gasteiger partial charge in [-0.15, -0.1) is 0 Å². The predicted molar refractivity (Wildman–Crippen MR) is 79.5 cm³/mol. The van der Waals surface area contributed by atoms with Crippen LogP contribution in [0.15, 0.2) is 30.3 Å². The second-order valence-corrected chi connectivity index (χ2v) is 4.48. The smallest absolute Gasteiger partial charge is 0.136 e. The molecule has 0 fully saturated rings. The fourth-order valence-corrected chi connectivity index (χ4v) is 2.01. The van der Waals surface area contributed by atoms with Gasteiger partial charge in [0.1, 0.15) is 17.5 Å². The Hall–Kier alpha value is -2.10. The average Bonchev–Trinajstić information content (AvgIpc) is 2.39. The molecule has 4 nitrogen and oxygen atoms in total. The molecule has 3 N–H and O–H groups in total. The van der Waals surface area contributed by atoms with Gasteiger partial charge in [-0.2, -0.15) is 0 Å². The molecule has 0 aliphatic heterocycles. The predicted octanol–water partition coefficient (Wildman–Crippen LogP) is 3.32. The molecule has 19 heavy (non-hydrogen) atoms. The van der Waals surface area contributed by atoms with Gasteiger partial charge in [0.15, 0.2) is 0 Å². The van der Waals surface area contributed by atoms with E-state index in [2.05, 4.69) is 41.3 Å². The molecule has 2 rings (SSSR count). The van der Waals surface area contributed by atoms with Crippen molar-refractivity contribution in [3.8, 4) is 0 Å². The van der Waals surface area contributed by atoms with Crippen molar-refractivity contribution in [3.05, 3.63) is 41.7 Å². The summed E-state index contributed by atoms with van der Waals surface area (Å²) in [4.78, 5) is 8.73. The molecule has 1 aromatic carbocycles. The van der Waals surface area contributed by atoms with Crippen molar-refractivity contribution in [2.45, 2.75) is 33.1 Å². The molecule has 0 aliphatic carbocycles. The molecule has 1 aromatic heterocycles. The van der Waals surface area contributed by atoms with Crippen LogP contribution < -0.4 is 11.1 Å². The lowest BCUT2D eigenvalue weighted by molar-refractivity contribution is 0.839. The molecule has 0 amide bonds. The van der Waals surface area contributed by atoms with E-state index in [1.807, 2.05) is 12.1 Å². The van der Waals surface area contributed by atoms with Crippen LogP contribution in [0.2, 0.25) is 0 Å². The molecule has 0 saturated heterocycles. The maximum Gasteiger partial charge on any atom is 0.136 e. The van der Waals surface area contributed by atoms with Gasteiger partial charge in [0.05, 0.1) is 0 Å². The molecule has 0 saturated carbocycles. The summed E-state index contributed by atoms with van der Waals surface area (Å²) >= 11 is 0. The van der Waals surface area contributed by atoms with E-state index in [4.69, 9.17) is 5.73 Å². The largest absolute Gasteiger partial charge is 0.384 e. The number of aromatic nitrogens is 2. The highest BCUT2D eigenvalue weighted by atomic mass is 15.1. The normalized spacial score (nSPS) is 10.4. The van der Waals surface area contributed by atoms with Gasteiger partial charge >= 0.3 is 0 Å². The first-order valence-electron chi connectivity index (χ1n) is 6.71. The number of nitrogens with zero attached hydrogens (tertiary/aromatic N) is 2. The highest BCUT2D eigenvalue weighted by Gasteiger charge is 2.05. The van der Waals surface area contributed by atoms with E-state index in [1.54, 1.807) is 6.07 Å². The minimum Gasteiger partial charge on any atom is -0.384 e. The Labute approximate surface area is 114 Å². The fraction of sp³-hybridized carbons (Fsp3) is 0.333. The van der Waals surface area contributed by atoms with Gasteiger partial charge in [-0.1, -0.05) is 32.0 Å². The summed E-state index contributed by atoms with van der Waals surface area (Å²) in [6.07, 6.45) is 2.83. The van der Waals surface area contributed by atoms with Crippen LogP contribution in [0.25, 0.3) is 0 Å². The number of hydrogen-bond donors (Lipinski definition) is 2. The van der Waals surface area contributed by atoms with E-state index in [-0.39, 0.29) is 0 Å². The Kier molecular flexibility index (Phi) is 4.34. The van der Waals surface area contributed by atoms with Crippen LogP contribution in [-0.2, 0) is 12.8 Å². The van der Waals surface area contributed by atoms with Crippen LogP contribution in [0.3, 0.4) is 0 Å². The van der Waals surface area contributed by atoms with Crippen molar-refractivity contribution >= 4 is 17.3 Å². The minimum atomic E-state index is 0.509. The second-order valence-electron chi connectivity index (χ2n) is 4.48. The fourth-order valence-electron chi connectivity index (χ4n) is 2.01.